The van der Waals surface area contributed by atoms with E-state index in [1.807, 2.05) is 30.1 Å². The Bertz CT molecular complexity index is 1380. The van der Waals surface area contributed by atoms with Crippen LogP contribution in [0.1, 0.15) is 34.8 Å². The Morgan fingerprint density at radius 1 is 1.03 bits per heavy atom. The van der Waals surface area contributed by atoms with Crippen molar-refractivity contribution in [2.24, 2.45) is 0 Å². The van der Waals surface area contributed by atoms with E-state index in [0.29, 0.717) is 23.7 Å². The molecular formula is C27H30ClN5O2S. The number of benzene rings is 3. The van der Waals surface area contributed by atoms with Gasteiger partial charge < -0.3 is 0 Å². The number of hydrogen-bond donors (Lipinski definition) is 0. The van der Waals surface area contributed by atoms with E-state index in [2.05, 4.69) is 53.5 Å². The quantitative estimate of drug-likeness (QED) is 0.186. The monoisotopic (exact) mass is 523 g/mol. The van der Waals surface area contributed by atoms with Gasteiger partial charge in [0.2, 0.25) is 0 Å². The Labute approximate surface area is 220 Å². The highest BCUT2D eigenvalue weighted by Gasteiger charge is 2.25. The molecule has 188 valence electrons. The van der Waals surface area contributed by atoms with Crippen LogP contribution < -0.4 is 0 Å². The second kappa shape index (κ2) is 10.7. The summed E-state index contributed by atoms with van der Waals surface area (Å²) in [6.45, 7) is 1.58. The average molecular weight is 524 g/mol. The van der Waals surface area contributed by atoms with Gasteiger partial charge in [0.05, 0.1) is 6.67 Å². The van der Waals surface area contributed by atoms with E-state index in [9.17, 15) is 10.1 Å². The van der Waals surface area contributed by atoms with Crippen molar-refractivity contribution in [2.45, 2.75) is 31.6 Å². The molecule has 1 aliphatic heterocycles. The number of hydrogen-bond acceptors (Lipinski definition) is 6. The molecule has 36 heavy (non-hydrogen) atoms. The fourth-order valence-electron chi connectivity index (χ4n) is 5.55. The summed E-state index contributed by atoms with van der Waals surface area (Å²) in [7, 11) is 3.71. The van der Waals surface area contributed by atoms with Gasteiger partial charge in [-0.05, 0) is 78.4 Å². The number of rotatable bonds is 3. The van der Waals surface area contributed by atoms with Crippen LogP contribution in [0.2, 0.25) is 4.47 Å². The number of hydrazine groups is 1. The SMILES string of the molecule is CN1CN(C)CN([N+](=O)[O-])C1.Clc1ncc(CC2CCCc3c2ccc2c3ccc3ccccc32)s1. The minimum Gasteiger partial charge on any atom is -0.271 e. The van der Waals surface area contributed by atoms with Crippen LogP contribution in [-0.4, -0.2) is 58.9 Å². The molecule has 1 aliphatic carbocycles. The van der Waals surface area contributed by atoms with E-state index in [4.69, 9.17) is 11.6 Å². The number of aromatic nitrogens is 1. The normalized spacial score (nSPS) is 18.6. The van der Waals surface area contributed by atoms with Crippen molar-refractivity contribution in [3.05, 3.63) is 85.3 Å². The zero-order valence-electron chi connectivity index (χ0n) is 20.6. The summed E-state index contributed by atoms with van der Waals surface area (Å²) in [5, 5.41) is 16.6. The number of halogens is 1. The summed E-state index contributed by atoms with van der Waals surface area (Å²) in [6, 6.07) is 18.0. The maximum Gasteiger partial charge on any atom is 0.183 e. The van der Waals surface area contributed by atoms with Crippen LogP contribution in [0.5, 0.6) is 0 Å². The number of fused-ring (bicyclic) bond motifs is 5. The molecule has 1 saturated heterocycles. The first kappa shape index (κ1) is 24.9. The summed E-state index contributed by atoms with van der Waals surface area (Å²) in [4.78, 5) is 19.6. The first-order chi connectivity index (χ1) is 17.4. The predicted octanol–water partition coefficient (Wildman–Crippen LogP) is 6.00. The maximum absolute atomic E-state index is 10.3. The molecule has 0 bridgehead atoms. The van der Waals surface area contributed by atoms with Crippen LogP contribution in [0.25, 0.3) is 21.5 Å². The Balaban J connectivity index is 0.000000205. The van der Waals surface area contributed by atoms with E-state index in [-0.39, 0.29) is 5.03 Å². The number of nitro groups is 1. The summed E-state index contributed by atoms with van der Waals surface area (Å²) >= 11 is 7.64. The van der Waals surface area contributed by atoms with Crippen LogP contribution in [0.3, 0.4) is 0 Å². The third-order valence-electron chi connectivity index (χ3n) is 6.99. The molecule has 1 atom stereocenters. The molecule has 2 heterocycles. The van der Waals surface area contributed by atoms with Gasteiger partial charge in [-0.15, -0.1) is 11.3 Å². The van der Waals surface area contributed by atoms with Crippen molar-refractivity contribution in [2.75, 3.05) is 34.1 Å². The minimum atomic E-state index is -0.369. The molecule has 0 spiro atoms. The average Bonchev–Trinajstić information content (AvgIpc) is 3.28. The maximum atomic E-state index is 10.3. The highest BCUT2D eigenvalue weighted by molar-refractivity contribution is 7.15. The zero-order valence-corrected chi connectivity index (χ0v) is 22.1. The third kappa shape index (κ3) is 5.32. The van der Waals surface area contributed by atoms with Gasteiger partial charge in [-0.1, -0.05) is 65.1 Å². The number of thiazole rings is 1. The molecular weight excluding hydrogens is 494 g/mol. The summed E-state index contributed by atoms with van der Waals surface area (Å²) in [6.07, 6.45) is 6.69. The van der Waals surface area contributed by atoms with Crippen LogP contribution in [0.4, 0.5) is 0 Å². The lowest BCUT2D eigenvalue weighted by Crippen LogP contribution is -2.53. The van der Waals surface area contributed by atoms with Gasteiger partial charge in [0.1, 0.15) is 13.3 Å². The highest BCUT2D eigenvalue weighted by atomic mass is 35.5. The molecule has 0 amide bonds. The van der Waals surface area contributed by atoms with E-state index >= 15 is 0 Å². The lowest BCUT2D eigenvalue weighted by molar-refractivity contribution is -0.668. The smallest absolute Gasteiger partial charge is 0.183 e. The molecule has 4 aromatic rings. The van der Waals surface area contributed by atoms with Gasteiger partial charge in [-0.2, -0.15) is 0 Å². The van der Waals surface area contributed by atoms with Crippen LogP contribution in [0.15, 0.2) is 54.7 Å². The molecule has 0 saturated carbocycles. The molecule has 6 rings (SSSR count). The van der Waals surface area contributed by atoms with Gasteiger partial charge in [0.15, 0.2) is 9.50 Å². The van der Waals surface area contributed by atoms with Crippen molar-refractivity contribution in [3.8, 4) is 0 Å². The molecule has 9 heteroatoms. The topological polar surface area (TPSA) is 65.8 Å². The molecule has 2 aliphatic rings. The fourth-order valence-corrected chi connectivity index (χ4v) is 6.61. The molecule has 1 unspecified atom stereocenters. The standard InChI is InChI=1S/C22H18ClNS.C5H12N4O2/c23-22-24-13-16(25-22)12-15-5-3-7-19-18(15)10-11-20-17-6-2-1-4-14(17)8-9-21(19)20;1-6-3-7(2)5-8(4-6)9(10)11/h1-2,4,6,8-11,13,15H,3,5,7,12H2;3-5H2,1-2H3. The first-order valence-corrected chi connectivity index (χ1v) is 13.4. The molecule has 0 N–H and O–H groups in total. The van der Waals surface area contributed by atoms with Crippen molar-refractivity contribution in [1.82, 2.24) is 19.8 Å². The lowest BCUT2D eigenvalue weighted by atomic mass is 9.78. The van der Waals surface area contributed by atoms with Crippen LogP contribution in [0, 0.1) is 10.1 Å². The number of nitrogens with zero attached hydrogens (tertiary/aromatic N) is 5. The van der Waals surface area contributed by atoms with Crippen molar-refractivity contribution in [1.29, 1.82) is 0 Å². The highest BCUT2D eigenvalue weighted by Crippen LogP contribution is 2.40. The Morgan fingerprint density at radius 2 is 1.78 bits per heavy atom. The van der Waals surface area contributed by atoms with E-state index in [1.54, 1.807) is 16.9 Å². The molecule has 0 radical (unpaired) electrons. The van der Waals surface area contributed by atoms with Crippen molar-refractivity contribution in [3.63, 3.8) is 0 Å². The molecule has 1 fully saturated rings. The zero-order chi connectivity index (χ0) is 25.2. The van der Waals surface area contributed by atoms with Gasteiger partial charge in [-0.25, -0.2) is 15.1 Å². The summed E-state index contributed by atoms with van der Waals surface area (Å²) < 4.78 is 0.649. The number of aryl methyl sites for hydroxylation is 1. The predicted molar refractivity (Wildman–Crippen MR) is 147 cm³/mol. The van der Waals surface area contributed by atoms with Gasteiger partial charge in [0.25, 0.3) is 0 Å². The van der Waals surface area contributed by atoms with E-state index in [1.165, 1.54) is 56.3 Å². The van der Waals surface area contributed by atoms with Crippen LogP contribution >= 0.6 is 22.9 Å². The summed E-state index contributed by atoms with van der Waals surface area (Å²) in [5.74, 6) is 0.580. The second-order valence-electron chi connectivity index (χ2n) is 9.77. The van der Waals surface area contributed by atoms with E-state index in [0.717, 1.165) is 13.1 Å². The summed E-state index contributed by atoms with van der Waals surface area (Å²) in [5.41, 5.74) is 3.08. The second-order valence-corrected chi connectivity index (χ2v) is 11.5. The first-order valence-electron chi connectivity index (χ1n) is 12.2. The van der Waals surface area contributed by atoms with Crippen LogP contribution in [-0.2, 0) is 12.8 Å². The Kier molecular flexibility index (Phi) is 7.39. The van der Waals surface area contributed by atoms with Gasteiger partial charge in [0, 0.05) is 11.1 Å². The molecule has 7 nitrogen and oxygen atoms in total. The Morgan fingerprint density at radius 3 is 2.50 bits per heavy atom. The molecule has 3 aromatic carbocycles. The fraction of sp³-hybridized carbons (Fsp3) is 0.370. The van der Waals surface area contributed by atoms with Gasteiger partial charge >= 0.3 is 0 Å². The third-order valence-corrected chi connectivity index (χ3v) is 8.13. The van der Waals surface area contributed by atoms with Gasteiger partial charge in [-0.3, -0.25) is 9.80 Å². The van der Waals surface area contributed by atoms with Crippen molar-refractivity contribution < 1.29 is 5.03 Å². The van der Waals surface area contributed by atoms with Crippen molar-refractivity contribution >= 4 is 44.5 Å². The lowest BCUT2D eigenvalue weighted by Gasteiger charge is -2.33. The minimum absolute atomic E-state index is 0.369. The Hall–Kier alpha value is -2.78. The van der Waals surface area contributed by atoms with E-state index < -0.39 is 0 Å². The molecule has 1 aromatic heterocycles. The largest absolute Gasteiger partial charge is 0.271 e.